The fraction of sp³-hybridized carbons (Fsp3) is 0.704. The van der Waals surface area contributed by atoms with Crippen molar-refractivity contribution in [2.45, 2.75) is 110 Å². The molecule has 0 aliphatic heterocycles. The van der Waals surface area contributed by atoms with E-state index in [0.29, 0.717) is 6.42 Å². The van der Waals surface area contributed by atoms with Crippen molar-refractivity contribution < 1.29 is 18.8 Å². The minimum atomic E-state index is -2.02. The Hall–Kier alpha value is -1.62. The molecule has 1 aliphatic carbocycles. The van der Waals surface area contributed by atoms with Crippen LogP contribution >= 0.6 is 0 Å². The highest BCUT2D eigenvalue weighted by atomic mass is 28.4. The van der Waals surface area contributed by atoms with E-state index in [0.717, 1.165) is 43.4 Å². The van der Waals surface area contributed by atoms with Gasteiger partial charge in [-0.2, -0.15) is 0 Å². The van der Waals surface area contributed by atoms with Gasteiger partial charge in [-0.15, -0.1) is 0 Å². The Morgan fingerprint density at radius 3 is 2.34 bits per heavy atom. The van der Waals surface area contributed by atoms with Crippen molar-refractivity contribution in [3.8, 4) is 0 Å². The maximum atomic E-state index is 12.8. The lowest BCUT2D eigenvalue weighted by Crippen LogP contribution is -2.40. The third-order valence-corrected chi connectivity index (χ3v) is 11.0. The van der Waals surface area contributed by atoms with Crippen molar-refractivity contribution in [2.75, 3.05) is 7.11 Å². The van der Waals surface area contributed by atoms with Crippen molar-refractivity contribution in [1.29, 1.82) is 0 Å². The Balaban J connectivity index is 2.84. The highest BCUT2D eigenvalue weighted by Crippen LogP contribution is 2.42. The highest BCUT2D eigenvalue weighted by Gasteiger charge is 2.42. The lowest BCUT2D eigenvalue weighted by atomic mass is 9.97. The average Bonchev–Trinajstić information content (AvgIpc) is 2.99. The zero-order valence-electron chi connectivity index (χ0n) is 21.6. The predicted octanol–water partition coefficient (Wildman–Crippen LogP) is 7.67. The largest absolute Gasteiger partial charge is 0.546 e. The molecule has 32 heavy (non-hydrogen) atoms. The van der Waals surface area contributed by atoms with Crippen LogP contribution in [0, 0.1) is 5.92 Å². The van der Waals surface area contributed by atoms with Crippen LogP contribution in [0.5, 0.6) is 0 Å². The summed E-state index contributed by atoms with van der Waals surface area (Å²) in [4.78, 5) is 24.1. The summed E-state index contributed by atoms with van der Waals surface area (Å²) in [6.07, 6.45) is 18.2. The topological polar surface area (TPSA) is 52.6 Å². The lowest BCUT2D eigenvalue weighted by Gasteiger charge is -2.37. The fourth-order valence-corrected chi connectivity index (χ4v) is 4.53. The molecule has 0 spiro atoms. The molecule has 1 aliphatic rings. The van der Waals surface area contributed by atoms with Gasteiger partial charge in [-0.05, 0) is 50.2 Å². The molecule has 0 fully saturated rings. The van der Waals surface area contributed by atoms with Crippen LogP contribution in [0.2, 0.25) is 18.1 Å². The van der Waals surface area contributed by atoms with Crippen LogP contribution in [-0.4, -0.2) is 27.2 Å². The Morgan fingerprint density at radius 1 is 1.06 bits per heavy atom. The monoisotopic (exact) mass is 462 g/mol. The second-order valence-corrected chi connectivity index (χ2v) is 15.1. The number of esters is 1. The summed E-state index contributed by atoms with van der Waals surface area (Å²) in [7, 11) is -0.602. The Morgan fingerprint density at radius 2 is 1.72 bits per heavy atom. The molecular formula is C27H46O4Si. The number of unbranched alkanes of at least 4 members (excludes halogenated alkanes) is 7. The van der Waals surface area contributed by atoms with Gasteiger partial charge < -0.3 is 9.16 Å². The van der Waals surface area contributed by atoms with E-state index in [2.05, 4.69) is 63.8 Å². The minimum absolute atomic E-state index is 0.0714. The molecule has 0 aromatic carbocycles. The van der Waals surface area contributed by atoms with E-state index < -0.39 is 8.32 Å². The van der Waals surface area contributed by atoms with Crippen molar-refractivity contribution in [2.24, 2.45) is 5.92 Å². The number of carbonyl (C=O) groups excluding carboxylic acids is 2. The minimum Gasteiger partial charge on any atom is -0.546 e. The number of carbonyl (C=O) groups is 2. The van der Waals surface area contributed by atoms with E-state index in [4.69, 9.17) is 4.43 Å². The van der Waals surface area contributed by atoms with Gasteiger partial charge in [0, 0.05) is 18.1 Å². The number of rotatable bonds is 14. The van der Waals surface area contributed by atoms with E-state index in [1.165, 1.54) is 32.8 Å². The molecule has 0 heterocycles. The number of ketones is 1. The van der Waals surface area contributed by atoms with Crippen LogP contribution in [0.15, 0.2) is 35.6 Å². The molecule has 0 bridgehead atoms. The van der Waals surface area contributed by atoms with Crippen molar-refractivity contribution in [3.63, 3.8) is 0 Å². The van der Waals surface area contributed by atoms with Crippen molar-refractivity contribution in [3.05, 3.63) is 35.6 Å². The second kappa shape index (κ2) is 13.8. The van der Waals surface area contributed by atoms with E-state index in [-0.39, 0.29) is 22.7 Å². The first-order valence-electron chi connectivity index (χ1n) is 12.4. The molecule has 1 atom stereocenters. The Bertz CT molecular complexity index is 695. The first kappa shape index (κ1) is 28.4. The van der Waals surface area contributed by atoms with Gasteiger partial charge in [-0.25, -0.2) is 0 Å². The molecule has 0 aromatic heterocycles. The summed E-state index contributed by atoms with van der Waals surface area (Å²) in [6.45, 7) is 13.3. The van der Waals surface area contributed by atoms with Crippen LogP contribution < -0.4 is 0 Å². The fourth-order valence-electron chi connectivity index (χ4n) is 3.45. The standard InChI is InChI=1S/C27H46O4Si/c1-8-9-10-11-12-16-19-23-22(18-15-13-14-17-20-26(29)30-5)24(28)21-25(23)31-32(6,7)27(2,3)4/h16,18-19,21,23H,8-15,17,20H2,1-7H3. The molecule has 0 saturated heterocycles. The summed E-state index contributed by atoms with van der Waals surface area (Å²) in [5.41, 5.74) is 0.844. The number of methoxy groups -OCH3 is 1. The van der Waals surface area contributed by atoms with E-state index in [1.807, 2.05) is 0 Å². The van der Waals surface area contributed by atoms with Gasteiger partial charge in [-0.3, -0.25) is 9.59 Å². The third-order valence-electron chi connectivity index (χ3n) is 6.61. The maximum Gasteiger partial charge on any atom is 0.305 e. The highest BCUT2D eigenvalue weighted by molar-refractivity contribution is 6.74. The summed E-state index contributed by atoms with van der Waals surface area (Å²) in [5.74, 6) is 0.671. The lowest BCUT2D eigenvalue weighted by molar-refractivity contribution is -0.140. The molecule has 0 radical (unpaired) electrons. The Kier molecular flexibility index (Phi) is 12.3. The quantitative estimate of drug-likeness (QED) is 0.0873. The summed E-state index contributed by atoms with van der Waals surface area (Å²) in [5, 5.41) is 0.0808. The molecule has 5 heteroatoms. The SMILES string of the molecule is CCCCCCC=CC1C(O[Si](C)(C)C(C)(C)C)=CC(=O)C1=CCCCCCC(=O)OC. The number of allylic oxidation sites excluding steroid dienone is 4. The first-order chi connectivity index (χ1) is 15.0. The first-order valence-corrected chi connectivity index (χ1v) is 15.3. The molecule has 4 nitrogen and oxygen atoms in total. The number of hydrogen-bond acceptors (Lipinski definition) is 4. The number of ether oxygens (including phenoxy) is 1. The summed E-state index contributed by atoms with van der Waals surface area (Å²) < 4.78 is 11.3. The van der Waals surface area contributed by atoms with Crippen molar-refractivity contribution >= 4 is 20.1 Å². The van der Waals surface area contributed by atoms with Crippen molar-refractivity contribution in [1.82, 2.24) is 0 Å². The van der Waals surface area contributed by atoms with Crippen LogP contribution in [0.25, 0.3) is 0 Å². The molecule has 0 amide bonds. The second-order valence-electron chi connectivity index (χ2n) is 10.4. The van der Waals surface area contributed by atoms with Crippen LogP contribution in [0.4, 0.5) is 0 Å². The smallest absolute Gasteiger partial charge is 0.305 e. The molecule has 1 unspecified atom stereocenters. The van der Waals surface area contributed by atoms with E-state index in [9.17, 15) is 9.59 Å². The normalized spacial score (nSPS) is 18.5. The molecule has 0 aromatic rings. The Labute approximate surface area is 197 Å². The van der Waals surface area contributed by atoms with Gasteiger partial charge in [0.25, 0.3) is 0 Å². The molecule has 0 N–H and O–H groups in total. The van der Waals surface area contributed by atoms with Gasteiger partial charge in [0.15, 0.2) is 5.78 Å². The molecular weight excluding hydrogens is 416 g/mol. The number of hydrogen-bond donors (Lipinski definition) is 0. The van der Waals surface area contributed by atoms with Crippen LogP contribution in [-0.2, 0) is 18.8 Å². The maximum absolute atomic E-state index is 12.8. The van der Waals surface area contributed by atoms with E-state index in [1.54, 1.807) is 6.08 Å². The molecule has 0 saturated carbocycles. The summed E-state index contributed by atoms with van der Waals surface area (Å²) in [6, 6.07) is 0. The van der Waals surface area contributed by atoms with Gasteiger partial charge >= 0.3 is 5.97 Å². The molecule has 1 rings (SSSR count). The third kappa shape index (κ3) is 9.48. The van der Waals surface area contributed by atoms with Gasteiger partial charge in [0.05, 0.1) is 18.8 Å². The summed E-state index contributed by atoms with van der Waals surface area (Å²) >= 11 is 0. The zero-order chi connectivity index (χ0) is 24.2. The van der Waals surface area contributed by atoms with Crippen LogP contribution in [0.1, 0.15) is 91.9 Å². The average molecular weight is 463 g/mol. The predicted molar refractivity (Wildman–Crippen MR) is 136 cm³/mol. The van der Waals surface area contributed by atoms with Gasteiger partial charge in [-0.1, -0.05) is 71.6 Å². The zero-order valence-corrected chi connectivity index (χ0v) is 22.6. The van der Waals surface area contributed by atoms with E-state index >= 15 is 0 Å². The van der Waals surface area contributed by atoms with Gasteiger partial charge in [0.1, 0.15) is 0 Å². The van der Waals surface area contributed by atoms with Crippen LogP contribution in [0.3, 0.4) is 0 Å². The van der Waals surface area contributed by atoms with Gasteiger partial charge in [0.2, 0.25) is 8.32 Å². The molecule has 182 valence electrons.